The predicted molar refractivity (Wildman–Crippen MR) is 87.0 cm³/mol. The van der Waals surface area contributed by atoms with Gasteiger partial charge in [0.05, 0.1) is 24.1 Å². The summed E-state index contributed by atoms with van der Waals surface area (Å²) >= 11 is 7.49. The third-order valence-corrected chi connectivity index (χ3v) is 4.24. The smallest absolute Gasteiger partial charge is 0.338 e. The number of urea groups is 1. The van der Waals surface area contributed by atoms with Crippen LogP contribution in [-0.4, -0.2) is 30.7 Å². The Morgan fingerprint density at radius 2 is 2.05 bits per heavy atom. The van der Waals surface area contributed by atoms with Crippen molar-refractivity contribution in [3.05, 3.63) is 41.1 Å². The lowest BCUT2D eigenvalue weighted by Crippen LogP contribution is -2.46. The lowest BCUT2D eigenvalue weighted by atomic mass is 9.95. The van der Waals surface area contributed by atoms with Gasteiger partial charge in [-0.1, -0.05) is 12.1 Å². The molecule has 0 aliphatic carbocycles. The molecule has 1 aliphatic rings. The molecule has 0 aromatic heterocycles. The lowest BCUT2D eigenvalue weighted by Gasteiger charge is -2.28. The van der Waals surface area contributed by atoms with Crippen molar-refractivity contribution in [2.24, 2.45) is 0 Å². The summed E-state index contributed by atoms with van der Waals surface area (Å²) in [7, 11) is 0. The van der Waals surface area contributed by atoms with E-state index in [0.717, 1.165) is 10.5 Å². The average molecular weight is 341 g/mol. The van der Waals surface area contributed by atoms with Gasteiger partial charge in [0.15, 0.2) is 0 Å². The number of rotatable bonds is 5. The third-order valence-electron chi connectivity index (χ3n) is 3.23. The zero-order valence-corrected chi connectivity index (χ0v) is 13.9. The molecule has 22 heavy (non-hydrogen) atoms. The number of hydrogen-bond donors (Lipinski definition) is 2. The average Bonchev–Trinajstić information content (AvgIpc) is 2.54. The van der Waals surface area contributed by atoms with Crippen LogP contribution in [0.3, 0.4) is 0 Å². The Balaban J connectivity index is 2.44. The topological polar surface area (TPSA) is 67.4 Å². The fourth-order valence-electron chi connectivity index (χ4n) is 2.22. The molecule has 7 heteroatoms. The standard InChI is InChI=1S/C15H17ClN2O3S/c1-3-21-14(19)12-11(8-16)17-15(20)18-13(12)9-4-6-10(22-2)7-5-9/h4-7,13H,3,8H2,1-2H3,(H2,17,18,20)/t13-/m0/s1. The molecule has 2 N–H and O–H groups in total. The minimum atomic E-state index is -0.572. The number of alkyl halides is 1. The van der Waals surface area contributed by atoms with Gasteiger partial charge in [0.2, 0.25) is 0 Å². The minimum Gasteiger partial charge on any atom is -0.463 e. The Morgan fingerprint density at radius 1 is 1.36 bits per heavy atom. The summed E-state index contributed by atoms with van der Waals surface area (Å²) in [6, 6.07) is 6.69. The van der Waals surface area contributed by atoms with Crippen molar-refractivity contribution >= 4 is 35.4 Å². The maximum Gasteiger partial charge on any atom is 0.338 e. The minimum absolute atomic E-state index is 0.0287. The molecular formula is C15H17ClN2O3S. The second-order valence-electron chi connectivity index (χ2n) is 4.55. The summed E-state index contributed by atoms with van der Waals surface area (Å²) in [6.45, 7) is 1.99. The summed E-state index contributed by atoms with van der Waals surface area (Å²) < 4.78 is 5.09. The molecule has 0 bridgehead atoms. The van der Waals surface area contributed by atoms with Crippen LogP contribution in [0.15, 0.2) is 40.4 Å². The van der Waals surface area contributed by atoms with E-state index in [9.17, 15) is 9.59 Å². The molecule has 1 aromatic carbocycles. The molecule has 0 saturated heterocycles. The summed E-state index contributed by atoms with van der Waals surface area (Å²) in [5.41, 5.74) is 1.52. The Labute approximate surface area is 138 Å². The first-order valence-corrected chi connectivity index (χ1v) is 8.54. The second-order valence-corrected chi connectivity index (χ2v) is 5.70. The Kier molecular flexibility index (Phi) is 5.74. The molecular weight excluding hydrogens is 324 g/mol. The van der Waals surface area contributed by atoms with Crippen LogP contribution in [0.5, 0.6) is 0 Å². The van der Waals surface area contributed by atoms with Crippen molar-refractivity contribution in [1.82, 2.24) is 10.6 Å². The van der Waals surface area contributed by atoms with E-state index in [4.69, 9.17) is 16.3 Å². The maximum atomic E-state index is 12.2. The number of halogens is 1. The molecule has 0 fully saturated rings. The van der Waals surface area contributed by atoms with E-state index in [1.54, 1.807) is 18.7 Å². The first kappa shape index (κ1) is 16.7. The highest BCUT2D eigenvalue weighted by Crippen LogP contribution is 2.29. The summed E-state index contributed by atoms with van der Waals surface area (Å²) in [5.74, 6) is -0.453. The van der Waals surface area contributed by atoms with Crippen molar-refractivity contribution in [3.8, 4) is 0 Å². The van der Waals surface area contributed by atoms with E-state index in [0.29, 0.717) is 11.3 Å². The van der Waals surface area contributed by atoms with Gasteiger partial charge < -0.3 is 15.4 Å². The van der Waals surface area contributed by atoms with Crippen molar-refractivity contribution < 1.29 is 14.3 Å². The van der Waals surface area contributed by atoms with E-state index in [1.165, 1.54) is 0 Å². The number of esters is 1. The van der Waals surface area contributed by atoms with E-state index >= 15 is 0 Å². The highest BCUT2D eigenvalue weighted by molar-refractivity contribution is 7.98. The normalized spacial score (nSPS) is 17.8. The number of thioether (sulfide) groups is 1. The molecule has 0 saturated carbocycles. The van der Waals surface area contributed by atoms with Crippen LogP contribution in [0.25, 0.3) is 0 Å². The van der Waals surface area contributed by atoms with Gasteiger partial charge in [-0.15, -0.1) is 23.4 Å². The van der Waals surface area contributed by atoms with Gasteiger partial charge in [-0.25, -0.2) is 9.59 Å². The van der Waals surface area contributed by atoms with Crippen LogP contribution in [0.1, 0.15) is 18.5 Å². The molecule has 0 unspecified atom stereocenters. The molecule has 1 aliphatic heterocycles. The first-order chi connectivity index (χ1) is 10.6. The fraction of sp³-hybridized carbons (Fsp3) is 0.333. The quantitative estimate of drug-likeness (QED) is 0.491. The maximum absolute atomic E-state index is 12.2. The lowest BCUT2D eigenvalue weighted by molar-refractivity contribution is -0.139. The number of allylic oxidation sites excluding steroid dienone is 1. The van der Waals surface area contributed by atoms with E-state index in [2.05, 4.69) is 10.6 Å². The zero-order valence-electron chi connectivity index (χ0n) is 12.3. The summed E-state index contributed by atoms with van der Waals surface area (Å²) in [4.78, 5) is 25.1. The number of amides is 2. The monoisotopic (exact) mass is 340 g/mol. The van der Waals surface area contributed by atoms with Crippen LogP contribution in [0.2, 0.25) is 0 Å². The van der Waals surface area contributed by atoms with Crippen LogP contribution in [-0.2, 0) is 9.53 Å². The number of carbonyl (C=O) groups is 2. The van der Waals surface area contributed by atoms with E-state index in [-0.39, 0.29) is 18.5 Å². The highest BCUT2D eigenvalue weighted by Gasteiger charge is 2.33. The molecule has 5 nitrogen and oxygen atoms in total. The predicted octanol–water partition coefficient (Wildman–Crippen LogP) is 2.82. The molecule has 1 aromatic rings. The van der Waals surface area contributed by atoms with Gasteiger partial charge in [-0.2, -0.15) is 0 Å². The highest BCUT2D eigenvalue weighted by atomic mass is 35.5. The van der Waals surface area contributed by atoms with Gasteiger partial charge in [0.25, 0.3) is 0 Å². The fourth-order valence-corrected chi connectivity index (χ4v) is 2.84. The van der Waals surface area contributed by atoms with Gasteiger partial charge in [-0.3, -0.25) is 0 Å². The van der Waals surface area contributed by atoms with Crippen LogP contribution < -0.4 is 10.6 Å². The largest absolute Gasteiger partial charge is 0.463 e. The van der Waals surface area contributed by atoms with Gasteiger partial charge in [0.1, 0.15) is 0 Å². The molecule has 1 heterocycles. The number of benzene rings is 1. The van der Waals surface area contributed by atoms with Crippen molar-refractivity contribution in [1.29, 1.82) is 0 Å². The molecule has 118 valence electrons. The Bertz CT molecular complexity index is 601. The van der Waals surface area contributed by atoms with Gasteiger partial charge in [0, 0.05) is 10.6 Å². The summed E-state index contributed by atoms with van der Waals surface area (Å²) in [5, 5.41) is 5.32. The molecule has 0 spiro atoms. The Hall–Kier alpha value is -1.66. The van der Waals surface area contributed by atoms with Crippen molar-refractivity contribution in [2.75, 3.05) is 18.7 Å². The number of carbonyl (C=O) groups excluding carboxylic acids is 2. The van der Waals surface area contributed by atoms with Crippen LogP contribution in [0.4, 0.5) is 4.79 Å². The molecule has 0 radical (unpaired) electrons. The number of nitrogens with one attached hydrogen (secondary N) is 2. The SMILES string of the molecule is CCOC(=O)C1=C(CCl)NC(=O)N[C@H]1c1ccc(SC)cc1. The number of ether oxygens (including phenoxy) is 1. The van der Waals surface area contributed by atoms with E-state index < -0.39 is 12.0 Å². The zero-order chi connectivity index (χ0) is 16.1. The van der Waals surface area contributed by atoms with E-state index in [1.807, 2.05) is 30.5 Å². The molecule has 2 amide bonds. The molecule has 1 atom stereocenters. The molecule has 2 rings (SSSR count). The number of hydrogen-bond acceptors (Lipinski definition) is 4. The third kappa shape index (κ3) is 3.56. The van der Waals surface area contributed by atoms with Crippen LogP contribution >= 0.6 is 23.4 Å². The van der Waals surface area contributed by atoms with Crippen molar-refractivity contribution in [2.45, 2.75) is 17.9 Å². The Morgan fingerprint density at radius 3 is 2.59 bits per heavy atom. The summed E-state index contributed by atoms with van der Waals surface area (Å²) in [6.07, 6.45) is 1.98. The van der Waals surface area contributed by atoms with Gasteiger partial charge >= 0.3 is 12.0 Å². The van der Waals surface area contributed by atoms with Crippen LogP contribution in [0, 0.1) is 0 Å². The van der Waals surface area contributed by atoms with Gasteiger partial charge in [-0.05, 0) is 30.9 Å². The van der Waals surface area contributed by atoms with Crippen molar-refractivity contribution in [3.63, 3.8) is 0 Å². The first-order valence-electron chi connectivity index (χ1n) is 6.78. The second kappa shape index (κ2) is 7.56.